The lowest BCUT2D eigenvalue weighted by Crippen LogP contribution is -2.32. The molecule has 2 heterocycles. The summed E-state index contributed by atoms with van der Waals surface area (Å²) in [5.41, 5.74) is 1.91. The van der Waals surface area contributed by atoms with Gasteiger partial charge in [0.25, 0.3) is 11.8 Å². The average Bonchev–Trinajstić information content (AvgIpc) is 3.03. The molecule has 0 bridgehead atoms. The molecule has 1 aliphatic heterocycles. The summed E-state index contributed by atoms with van der Waals surface area (Å²) in [6.45, 7) is 0. The maximum absolute atomic E-state index is 11.9. The number of thiazole rings is 1. The highest BCUT2D eigenvalue weighted by atomic mass is 32.1. The van der Waals surface area contributed by atoms with Crippen LogP contribution in [0.4, 0.5) is 0 Å². The Morgan fingerprint density at radius 1 is 1.16 bits per heavy atom. The Balaban J connectivity index is 1.87. The molecule has 0 atom stereocenters. The summed E-state index contributed by atoms with van der Waals surface area (Å²) < 4.78 is 0. The number of rotatable bonds is 2. The topological polar surface area (TPSA) is 76.6 Å². The second-order valence-corrected chi connectivity index (χ2v) is 4.58. The lowest BCUT2D eigenvalue weighted by atomic mass is 10.1. The summed E-state index contributed by atoms with van der Waals surface area (Å²) in [5, 5.41) is 0.479. The Hall–Kier alpha value is -2.54. The van der Waals surface area contributed by atoms with Gasteiger partial charge in [0.15, 0.2) is 0 Å². The van der Waals surface area contributed by atoms with Crippen LogP contribution in [0.15, 0.2) is 36.0 Å². The third-order valence-electron chi connectivity index (χ3n) is 2.56. The van der Waals surface area contributed by atoms with E-state index < -0.39 is 17.8 Å². The smallest absolute Gasteiger partial charge is 0.323 e. The molecule has 2 aromatic rings. The van der Waals surface area contributed by atoms with Crippen molar-refractivity contribution in [3.05, 3.63) is 52.0 Å². The lowest BCUT2D eigenvalue weighted by molar-refractivity contribution is -0.0581. The van der Waals surface area contributed by atoms with Gasteiger partial charge in [-0.2, -0.15) is 0 Å². The van der Waals surface area contributed by atoms with E-state index in [4.69, 9.17) is 4.84 Å². The van der Waals surface area contributed by atoms with E-state index in [0.717, 1.165) is 11.3 Å². The number of fused-ring (bicyclic) bond motifs is 1. The zero-order chi connectivity index (χ0) is 13.4. The molecule has 0 radical (unpaired) electrons. The molecule has 7 heteroatoms. The molecule has 1 aromatic heterocycles. The minimum atomic E-state index is -0.781. The molecular weight excluding hydrogens is 268 g/mol. The van der Waals surface area contributed by atoms with E-state index in [0.29, 0.717) is 5.06 Å². The van der Waals surface area contributed by atoms with Gasteiger partial charge in [-0.3, -0.25) is 14.6 Å². The SMILES string of the molecule is O=C(ON1C(=O)c2ccccc2C1=O)c1cncs1. The molecule has 1 aromatic carbocycles. The van der Waals surface area contributed by atoms with Crippen LogP contribution in [0.2, 0.25) is 0 Å². The van der Waals surface area contributed by atoms with E-state index in [1.54, 1.807) is 12.1 Å². The van der Waals surface area contributed by atoms with Crippen LogP contribution in [0, 0.1) is 0 Å². The van der Waals surface area contributed by atoms with E-state index in [2.05, 4.69) is 4.98 Å². The summed E-state index contributed by atoms with van der Waals surface area (Å²) in [4.78, 5) is 44.3. The van der Waals surface area contributed by atoms with Gasteiger partial charge in [-0.1, -0.05) is 17.2 Å². The second-order valence-electron chi connectivity index (χ2n) is 3.69. The number of carbonyl (C=O) groups is 3. The van der Waals surface area contributed by atoms with Gasteiger partial charge in [0.05, 0.1) is 22.8 Å². The number of hydrogen-bond donors (Lipinski definition) is 0. The van der Waals surface area contributed by atoms with Gasteiger partial charge in [0.1, 0.15) is 4.88 Å². The summed E-state index contributed by atoms with van der Waals surface area (Å²) in [6.07, 6.45) is 1.31. The molecule has 94 valence electrons. The third kappa shape index (κ3) is 1.80. The van der Waals surface area contributed by atoms with Crippen molar-refractivity contribution in [3.63, 3.8) is 0 Å². The van der Waals surface area contributed by atoms with E-state index in [9.17, 15) is 14.4 Å². The highest BCUT2D eigenvalue weighted by molar-refractivity contribution is 7.11. The number of nitrogens with zero attached hydrogens (tertiary/aromatic N) is 2. The first kappa shape index (κ1) is 11.5. The summed E-state index contributed by atoms with van der Waals surface area (Å²) >= 11 is 1.07. The largest absolute Gasteiger partial charge is 0.375 e. The molecule has 0 spiro atoms. The quantitative estimate of drug-likeness (QED) is 0.776. The molecule has 0 fully saturated rings. The van der Waals surface area contributed by atoms with Crippen molar-refractivity contribution in [2.75, 3.05) is 0 Å². The Kier molecular flexibility index (Phi) is 2.60. The molecule has 0 unspecified atom stereocenters. The van der Waals surface area contributed by atoms with Crippen LogP contribution in [-0.4, -0.2) is 27.8 Å². The van der Waals surface area contributed by atoms with E-state index in [-0.39, 0.29) is 16.0 Å². The maximum atomic E-state index is 11.9. The van der Waals surface area contributed by atoms with Crippen LogP contribution in [0.3, 0.4) is 0 Å². The van der Waals surface area contributed by atoms with E-state index in [1.165, 1.54) is 23.8 Å². The predicted octanol–water partition coefficient (Wildman–Crippen LogP) is 1.51. The molecule has 19 heavy (non-hydrogen) atoms. The lowest BCUT2D eigenvalue weighted by Gasteiger charge is -2.11. The minimum Gasteiger partial charge on any atom is -0.323 e. The molecular formula is C12H6N2O4S. The number of amides is 2. The number of hydrogen-bond acceptors (Lipinski definition) is 6. The molecule has 3 rings (SSSR count). The van der Waals surface area contributed by atoms with Gasteiger partial charge in [-0.15, -0.1) is 11.3 Å². The summed E-state index contributed by atoms with van der Waals surface area (Å²) in [5.74, 6) is -2.06. The third-order valence-corrected chi connectivity index (χ3v) is 3.32. The summed E-state index contributed by atoms with van der Waals surface area (Å²) in [7, 11) is 0. The van der Waals surface area contributed by atoms with E-state index in [1.807, 2.05) is 0 Å². The molecule has 0 saturated heterocycles. The summed E-state index contributed by atoms with van der Waals surface area (Å²) in [6, 6.07) is 6.29. The Bertz CT molecular complexity index is 646. The molecule has 2 amide bonds. The van der Waals surface area contributed by atoms with Crippen LogP contribution in [-0.2, 0) is 4.84 Å². The first-order chi connectivity index (χ1) is 9.18. The fraction of sp³-hybridized carbons (Fsp3) is 0. The Morgan fingerprint density at radius 3 is 2.32 bits per heavy atom. The number of hydroxylamine groups is 2. The highest BCUT2D eigenvalue weighted by Crippen LogP contribution is 2.23. The zero-order valence-electron chi connectivity index (χ0n) is 9.40. The zero-order valence-corrected chi connectivity index (χ0v) is 10.2. The van der Waals surface area contributed by atoms with Crippen molar-refractivity contribution >= 4 is 29.1 Å². The molecule has 6 nitrogen and oxygen atoms in total. The van der Waals surface area contributed by atoms with Crippen molar-refractivity contribution in [2.45, 2.75) is 0 Å². The van der Waals surface area contributed by atoms with Gasteiger partial charge in [0.2, 0.25) is 0 Å². The molecule has 0 saturated carbocycles. The van der Waals surface area contributed by atoms with Gasteiger partial charge >= 0.3 is 5.97 Å². The van der Waals surface area contributed by atoms with Crippen LogP contribution >= 0.6 is 11.3 Å². The van der Waals surface area contributed by atoms with Crippen LogP contribution < -0.4 is 0 Å². The average molecular weight is 274 g/mol. The number of benzene rings is 1. The van der Waals surface area contributed by atoms with Crippen molar-refractivity contribution in [1.82, 2.24) is 10.0 Å². The van der Waals surface area contributed by atoms with Crippen LogP contribution in [0.5, 0.6) is 0 Å². The number of aromatic nitrogens is 1. The van der Waals surface area contributed by atoms with Crippen molar-refractivity contribution in [3.8, 4) is 0 Å². The molecule has 0 N–H and O–H groups in total. The molecule has 1 aliphatic rings. The first-order valence-corrected chi connectivity index (χ1v) is 6.15. The standard InChI is InChI=1S/C12H6N2O4S/c15-10-7-3-1-2-4-8(7)11(16)14(10)18-12(17)9-5-13-6-19-9/h1-6H. The van der Waals surface area contributed by atoms with Crippen LogP contribution in [0.25, 0.3) is 0 Å². The second kappa shape index (κ2) is 4.29. The van der Waals surface area contributed by atoms with Crippen molar-refractivity contribution in [1.29, 1.82) is 0 Å². The first-order valence-electron chi connectivity index (χ1n) is 5.27. The van der Waals surface area contributed by atoms with Gasteiger partial charge in [-0.05, 0) is 12.1 Å². The van der Waals surface area contributed by atoms with E-state index >= 15 is 0 Å². The van der Waals surface area contributed by atoms with Crippen molar-refractivity contribution in [2.24, 2.45) is 0 Å². The Labute approximate surface area is 111 Å². The van der Waals surface area contributed by atoms with Crippen LogP contribution in [0.1, 0.15) is 30.4 Å². The fourth-order valence-corrected chi connectivity index (χ4v) is 2.19. The normalized spacial score (nSPS) is 13.6. The fourth-order valence-electron chi connectivity index (χ4n) is 1.69. The predicted molar refractivity (Wildman–Crippen MR) is 64.5 cm³/mol. The minimum absolute atomic E-state index is 0.219. The van der Waals surface area contributed by atoms with Gasteiger partial charge in [0, 0.05) is 0 Å². The van der Waals surface area contributed by atoms with Gasteiger partial charge < -0.3 is 4.84 Å². The van der Waals surface area contributed by atoms with Gasteiger partial charge in [-0.25, -0.2) is 4.79 Å². The Morgan fingerprint density at radius 2 is 1.79 bits per heavy atom. The van der Waals surface area contributed by atoms with Crippen molar-refractivity contribution < 1.29 is 19.2 Å². The maximum Gasteiger partial charge on any atom is 0.375 e. The highest BCUT2D eigenvalue weighted by Gasteiger charge is 2.38. The molecule has 0 aliphatic carbocycles. The monoisotopic (exact) mass is 274 g/mol. The number of carbonyl (C=O) groups excluding carboxylic acids is 3. The number of imide groups is 1.